The van der Waals surface area contributed by atoms with E-state index in [2.05, 4.69) is 24.3 Å². The summed E-state index contributed by atoms with van der Waals surface area (Å²) in [6, 6.07) is 15.5. The zero-order valence-electron chi connectivity index (χ0n) is 18.8. The number of carbonyl (C=O) groups is 3. The first kappa shape index (κ1) is 20.9. The van der Waals surface area contributed by atoms with Crippen LogP contribution in [0, 0.1) is 11.8 Å². The summed E-state index contributed by atoms with van der Waals surface area (Å²) < 4.78 is 5.48. The highest BCUT2D eigenvalue weighted by Gasteiger charge is 2.63. The van der Waals surface area contributed by atoms with Gasteiger partial charge in [0.1, 0.15) is 6.04 Å². The summed E-state index contributed by atoms with van der Waals surface area (Å²) in [4.78, 5) is 42.0. The lowest BCUT2D eigenvalue weighted by atomic mass is 9.55. The standard InChI is InChI=1S/C27H29NO4/c1-4-5-14-20(27(31)32-15(2)3)28-25(29)23-21-16-10-6-7-11-17(16)22(24(23)26(28)30)19-13-9-8-12-18(19)21/h6-13,15,20-24H,4-5,14H2,1-3H3/t20-,21?,22?,23-,24+/m1/s1. The van der Waals surface area contributed by atoms with Gasteiger partial charge in [-0.3, -0.25) is 14.5 Å². The molecule has 5 nitrogen and oxygen atoms in total. The first-order valence-electron chi connectivity index (χ1n) is 11.7. The molecule has 166 valence electrons. The number of hydrogen-bond donors (Lipinski definition) is 0. The number of esters is 1. The Kier molecular flexibility index (Phi) is 5.15. The molecule has 2 aromatic carbocycles. The summed E-state index contributed by atoms with van der Waals surface area (Å²) in [5.41, 5.74) is 4.54. The largest absolute Gasteiger partial charge is 0.461 e. The molecule has 1 fully saturated rings. The van der Waals surface area contributed by atoms with E-state index in [1.54, 1.807) is 13.8 Å². The highest BCUT2D eigenvalue weighted by molar-refractivity contribution is 6.10. The molecule has 6 rings (SSSR count). The number of nitrogens with zero attached hydrogens (tertiary/aromatic N) is 1. The number of likely N-dealkylation sites (tertiary alicyclic amines) is 1. The van der Waals surface area contributed by atoms with Crippen LogP contribution in [0.15, 0.2) is 48.5 Å². The lowest BCUT2D eigenvalue weighted by molar-refractivity contribution is -0.162. The van der Waals surface area contributed by atoms with Gasteiger partial charge in [0.15, 0.2) is 0 Å². The molecular formula is C27H29NO4. The molecule has 32 heavy (non-hydrogen) atoms. The Hall–Kier alpha value is -2.95. The van der Waals surface area contributed by atoms with E-state index in [-0.39, 0.29) is 29.8 Å². The third-order valence-corrected chi connectivity index (χ3v) is 7.25. The number of carbonyl (C=O) groups excluding carboxylic acids is 3. The van der Waals surface area contributed by atoms with Crippen LogP contribution < -0.4 is 0 Å². The molecule has 4 aliphatic rings. The van der Waals surface area contributed by atoms with Crippen molar-refractivity contribution < 1.29 is 19.1 Å². The minimum absolute atomic E-state index is 0.160. The van der Waals surface area contributed by atoms with Crippen molar-refractivity contribution in [3.63, 3.8) is 0 Å². The number of benzene rings is 2. The van der Waals surface area contributed by atoms with Crippen molar-refractivity contribution in [1.82, 2.24) is 4.90 Å². The molecule has 1 heterocycles. The fraction of sp³-hybridized carbons (Fsp3) is 0.444. The van der Waals surface area contributed by atoms with Gasteiger partial charge >= 0.3 is 5.97 Å². The molecule has 2 amide bonds. The van der Waals surface area contributed by atoms with Crippen molar-refractivity contribution in [1.29, 1.82) is 0 Å². The van der Waals surface area contributed by atoms with Gasteiger partial charge < -0.3 is 4.74 Å². The fourth-order valence-electron chi connectivity index (χ4n) is 6.07. The maximum atomic E-state index is 13.9. The normalized spacial score (nSPS) is 26.1. The third-order valence-electron chi connectivity index (χ3n) is 7.25. The van der Waals surface area contributed by atoms with Crippen LogP contribution in [0.3, 0.4) is 0 Å². The second-order valence-electron chi connectivity index (χ2n) is 9.45. The lowest BCUT2D eigenvalue weighted by Gasteiger charge is -2.45. The van der Waals surface area contributed by atoms with Crippen LogP contribution in [-0.2, 0) is 19.1 Å². The molecule has 0 saturated carbocycles. The number of hydrogen-bond acceptors (Lipinski definition) is 4. The van der Waals surface area contributed by atoms with Gasteiger partial charge in [0.2, 0.25) is 11.8 Å². The zero-order valence-corrected chi connectivity index (χ0v) is 18.8. The maximum absolute atomic E-state index is 13.9. The van der Waals surface area contributed by atoms with E-state index in [0.29, 0.717) is 6.42 Å². The van der Waals surface area contributed by atoms with E-state index in [1.807, 2.05) is 31.2 Å². The molecule has 3 aliphatic carbocycles. The first-order valence-corrected chi connectivity index (χ1v) is 11.7. The van der Waals surface area contributed by atoms with Gasteiger partial charge in [-0.15, -0.1) is 0 Å². The Bertz CT molecular complexity index is 975. The van der Waals surface area contributed by atoms with Gasteiger partial charge in [0, 0.05) is 11.8 Å². The molecule has 5 heteroatoms. The van der Waals surface area contributed by atoms with Crippen LogP contribution in [0.25, 0.3) is 0 Å². The zero-order chi connectivity index (χ0) is 22.6. The van der Waals surface area contributed by atoms with Gasteiger partial charge in [0.05, 0.1) is 17.9 Å². The van der Waals surface area contributed by atoms with Crippen molar-refractivity contribution >= 4 is 17.8 Å². The van der Waals surface area contributed by atoms with Crippen molar-refractivity contribution in [3.05, 3.63) is 70.8 Å². The van der Waals surface area contributed by atoms with Crippen molar-refractivity contribution in [2.45, 2.75) is 64.0 Å². The van der Waals surface area contributed by atoms with Gasteiger partial charge in [-0.05, 0) is 42.5 Å². The summed E-state index contributed by atoms with van der Waals surface area (Å²) in [6.07, 6.45) is 1.76. The Morgan fingerprint density at radius 2 is 1.31 bits per heavy atom. The van der Waals surface area contributed by atoms with Gasteiger partial charge in [0.25, 0.3) is 0 Å². The Balaban J connectivity index is 1.60. The lowest BCUT2D eigenvalue weighted by Crippen LogP contribution is -2.47. The Morgan fingerprint density at radius 1 is 0.875 bits per heavy atom. The molecule has 0 N–H and O–H groups in total. The van der Waals surface area contributed by atoms with Gasteiger partial charge in [-0.1, -0.05) is 68.3 Å². The fourth-order valence-corrected chi connectivity index (χ4v) is 6.07. The smallest absolute Gasteiger partial charge is 0.329 e. The van der Waals surface area contributed by atoms with Gasteiger partial charge in [-0.2, -0.15) is 0 Å². The predicted molar refractivity (Wildman–Crippen MR) is 120 cm³/mol. The summed E-state index contributed by atoms with van der Waals surface area (Å²) in [7, 11) is 0. The van der Waals surface area contributed by atoms with E-state index in [9.17, 15) is 14.4 Å². The minimum Gasteiger partial charge on any atom is -0.461 e. The molecule has 0 radical (unpaired) electrons. The van der Waals surface area contributed by atoms with E-state index >= 15 is 0 Å². The first-order chi connectivity index (χ1) is 15.5. The SMILES string of the molecule is CCCC[C@H](C(=O)OC(C)C)N1C(=O)[C@@H]2C3c4ccccc4C(c4ccccc43)[C@@H]2C1=O. The quantitative estimate of drug-likeness (QED) is 0.503. The number of amides is 2. The average molecular weight is 432 g/mol. The van der Waals surface area contributed by atoms with Crippen molar-refractivity contribution in [3.8, 4) is 0 Å². The Labute approximate surface area is 188 Å². The van der Waals surface area contributed by atoms with Crippen LogP contribution in [0.1, 0.15) is 74.1 Å². The molecule has 0 spiro atoms. The molecule has 1 aliphatic heterocycles. The number of ether oxygens (including phenoxy) is 1. The van der Waals surface area contributed by atoms with Crippen LogP contribution in [0.2, 0.25) is 0 Å². The average Bonchev–Trinajstić information content (AvgIpc) is 3.05. The van der Waals surface area contributed by atoms with Crippen molar-refractivity contribution in [2.75, 3.05) is 0 Å². The monoisotopic (exact) mass is 431 g/mol. The van der Waals surface area contributed by atoms with E-state index in [0.717, 1.165) is 35.1 Å². The molecule has 1 saturated heterocycles. The predicted octanol–water partition coefficient (Wildman–Crippen LogP) is 4.39. The van der Waals surface area contributed by atoms with Gasteiger partial charge in [-0.25, -0.2) is 4.79 Å². The highest BCUT2D eigenvalue weighted by atomic mass is 16.5. The number of rotatable bonds is 6. The topological polar surface area (TPSA) is 63.7 Å². The van der Waals surface area contributed by atoms with Crippen LogP contribution in [0.4, 0.5) is 0 Å². The van der Waals surface area contributed by atoms with E-state index in [1.165, 1.54) is 4.90 Å². The number of imide groups is 1. The molecule has 0 aromatic heterocycles. The highest BCUT2D eigenvalue weighted by Crippen LogP contribution is 2.61. The molecule has 2 bridgehead atoms. The molecule has 0 unspecified atom stereocenters. The maximum Gasteiger partial charge on any atom is 0.329 e. The minimum atomic E-state index is -0.853. The van der Waals surface area contributed by atoms with Crippen molar-refractivity contribution in [2.24, 2.45) is 11.8 Å². The van der Waals surface area contributed by atoms with Crippen LogP contribution >= 0.6 is 0 Å². The van der Waals surface area contributed by atoms with E-state index in [4.69, 9.17) is 4.74 Å². The van der Waals surface area contributed by atoms with Crippen LogP contribution in [0.5, 0.6) is 0 Å². The summed E-state index contributed by atoms with van der Waals surface area (Å²) in [5.74, 6) is -2.17. The molecule has 3 atom stereocenters. The summed E-state index contributed by atoms with van der Waals surface area (Å²) in [5, 5.41) is 0. The number of unbranched alkanes of at least 4 members (excludes halogenated alkanes) is 1. The third kappa shape index (κ3) is 2.94. The molecular weight excluding hydrogens is 402 g/mol. The second kappa shape index (κ2) is 7.88. The Morgan fingerprint density at radius 3 is 1.69 bits per heavy atom. The summed E-state index contributed by atoms with van der Waals surface area (Å²) >= 11 is 0. The van der Waals surface area contributed by atoms with Crippen LogP contribution in [-0.4, -0.2) is 34.8 Å². The van der Waals surface area contributed by atoms with E-state index < -0.39 is 23.8 Å². The second-order valence-corrected chi connectivity index (χ2v) is 9.45. The summed E-state index contributed by atoms with van der Waals surface area (Å²) in [6.45, 7) is 5.61. The molecule has 2 aromatic rings.